The molecule has 0 aliphatic rings. The second-order valence-electron chi connectivity index (χ2n) is 5.68. The molecule has 0 fully saturated rings. The van der Waals surface area contributed by atoms with Crippen LogP contribution >= 0.6 is 0 Å². The van der Waals surface area contributed by atoms with Crippen molar-refractivity contribution in [1.82, 2.24) is 5.01 Å². The summed E-state index contributed by atoms with van der Waals surface area (Å²) in [5.74, 6) is -0.354. The molecule has 0 saturated heterocycles. The number of ether oxygens (including phenoxy) is 1. The molecule has 1 aromatic rings. The van der Waals surface area contributed by atoms with Crippen molar-refractivity contribution in [2.75, 3.05) is 6.61 Å². The van der Waals surface area contributed by atoms with E-state index in [2.05, 4.69) is 5.10 Å². The molecule has 0 radical (unpaired) electrons. The van der Waals surface area contributed by atoms with E-state index in [0.29, 0.717) is 18.6 Å². The van der Waals surface area contributed by atoms with Crippen LogP contribution in [0.1, 0.15) is 43.6 Å². The van der Waals surface area contributed by atoms with E-state index in [1.54, 1.807) is 58.2 Å². The molecule has 0 spiro atoms. The maximum absolute atomic E-state index is 11.5. The van der Waals surface area contributed by atoms with E-state index >= 15 is 0 Å². The maximum Gasteiger partial charge on any atom is 0.428 e. The zero-order valence-electron chi connectivity index (χ0n) is 13.4. The van der Waals surface area contributed by atoms with Crippen LogP contribution in [0.2, 0.25) is 0 Å². The minimum atomic E-state index is -1.10. The van der Waals surface area contributed by atoms with Gasteiger partial charge in [0.15, 0.2) is 0 Å². The van der Waals surface area contributed by atoms with Gasteiger partial charge in [-0.3, -0.25) is 0 Å². The van der Waals surface area contributed by atoms with Crippen molar-refractivity contribution >= 4 is 18.3 Å². The van der Waals surface area contributed by atoms with Crippen molar-refractivity contribution in [3.05, 3.63) is 35.4 Å². The highest BCUT2D eigenvalue weighted by Gasteiger charge is 2.25. The van der Waals surface area contributed by atoms with E-state index in [9.17, 15) is 9.59 Å². The summed E-state index contributed by atoms with van der Waals surface area (Å²) in [6.45, 7) is 7.41. The molecule has 0 aromatic heterocycles. The molecule has 0 unspecified atom stereocenters. The van der Waals surface area contributed by atoms with Crippen molar-refractivity contribution in [3.8, 4) is 0 Å². The van der Waals surface area contributed by atoms with E-state index < -0.39 is 11.6 Å². The van der Waals surface area contributed by atoms with Gasteiger partial charge in [0, 0.05) is 12.6 Å². The number of carboxylic acid groups (broad SMARTS) is 1. The number of benzene rings is 1. The molecule has 0 atom stereocenters. The number of carbonyl (C=O) groups is 2. The Morgan fingerprint density at radius 3 is 2.32 bits per heavy atom. The Balaban J connectivity index is 2.70. The molecule has 1 amide bonds. The zero-order chi connectivity index (χ0) is 16.8. The molecule has 0 aliphatic carbocycles. The van der Waals surface area contributed by atoms with Crippen LogP contribution in [0, 0.1) is 0 Å². The monoisotopic (exact) mass is 306 g/mol. The van der Waals surface area contributed by atoms with Gasteiger partial charge < -0.3 is 9.84 Å². The number of rotatable bonds is 5. The first-order valence-corrected chi connectivity index (χ1v) is 7.07. The second kappa shape index (κ2) is 7.59. The molecule has 0 heterocycles. The summed E-state index contributed by atoms with van der Waals surface area (Å²) < 4.78 is 4.91. The molecule has 22 heavy (non-hydrogen) atoms. The fraction of sp³-hybridized carbons (Fsp3) is 0.438. The molecule has 120 valence electrons. The molecule has 0 aliphatic heterocycles. The van der Waals surface area contributed by atoms with Gasteiger partial charge in [0.2, 0.25) is 0 Å². The molecular weight excluding hydrogens is 284 g/mol. The van der Waals surface area contributed by atoms with Crippen molar-refractivity contribution in [3.63, 3.8) is 0 Å². The molecule has 0 saturated carbocycles. The van der Waals surface area contributed by atoms with E-state index in [1.807, 2.05) is 0 Å². The summed E-state index contributed by atoms with van der Waals surface area (Å²) in [6.07, 6.45) is 0.920. The topological polar surface area (TPSA) is 79.2 Å². The van der Waals surface area contributed by atoms with Gasteiger partial charge in [-0.15, -0.1) is 0 Å². The normalized spacial score (nSPS) is 11.5. The van der Waals surface area contributed by atoms with Crippen LogP contribution < -0.4 is 0 Å². The smallest absolute Gasteiger partial charge is 0.428 e. The van der Waals surface area contributed by atoms with Crippen LogP contribution in [0.4, 0.5) is 4.79 Å². The standard InChI is InChI=1S/C16H22N2O4/c1-5-22-14(19)13-8-6-12(7-9-13)10-11-17-18(15(20)21)16(2,3)4/h6-9,11H,5,10H2,1-4H3,(H,20,21). The second-order valence-corrected chi connectivity index (χ2v) is 5.68. The molecular formula is C16H22N2O4. The SMILES string of the molecule is CCOC(=O)c1ccc(CC=NN(C(=O)O)C(C)(C)C)cc1. The third-order valence-electron chi connectivity index (χ3n) is 2.81. The fourth-order valence-corrected chi connectivity index (χ4v) is 1.73. The van der Waals surface area contributed by atoms with Crippen LogP contribution in [0.5, 0.6) is 0 Å². The molecule has 6 nitrogen and oxygen atoms in total. The van der Waals surface area contributed by atoms with Crippen molar-refractivity contribution < 1.29 is 19.4 Å². The summed E-state index contributed by atoms with van der Waals surface area (Å²) in [5.41, 5.74) is 0.816. The maximum atomic E-state index is 11.5. The quantitative estimate of drug-likeness (QED) is 0.515. The Morgan fingerprint density at radius 1 is 1.27 bits per heavy atom. The lowest BCUT2D eigenvalue weighted by Gasteiger charge is -2.27. The lowest BCUT2D eigenvalue weighted by Crippen LogP contribution is -2.41. The summed E-state index contributed by atoms with van der Waals surface area (Å²) in [7, 11) is 0. The van der Waals surface area contributed by atoms with E-state index in [1.165, 1.54) is 0 Å². The first-order valence-electron chi connectivity index (χ1n) is 7.07. The number of hydrogen-bond donors (Lipinski definition) is 1. The number of carbonyl (C=O) groups excluding carboxylic acids is 1. The molecule has 6 heteroatoms. The van der Waals surface area contributed by atoms with Crippen LogP contribution in [0.25, 0.3) is 0 Å². The van der Waals surface area contributed by atoms with Gasteiger partial charge in [0.25, 0.3) is 0 Å². The zero-order valence-corrected chi connectivity index (χ0v) is 13.4. The van der Waals surface area contributed by atoms with Gasteiger partial charge >= 0.3 is 12.1 Å². The number of hydrogen-bond acceptors (Lipinski definition) is 4. The first-order chi connectivity index (χ1) is 10.3. The highest BCUT2D eigenvalue weighted by Crippen LogP contribution is 2.13. The average molecular weight is 306 g/mol. The Morgan fingerprint density at radius 2 is 1.86 bits per heavy atom. The van der Waals surface area contributed by atoms with E-state index in [-0.39, 0.29) is 5.97 Å². The van der Waals surface area contributed by atoms with Gasteiger partial charge in [-0.05, 0) is 45.4 Å². The molecule has 1 aromatic carbocycles. The predicted molar refractivity (Wildman–Crippen MR) is 84.2 cm³/mol. The van der Waals surface area contributed by atoms with Gasteiger partial charge in [-0.2, -0.15) is 10.1 Å². The Labute approximate surface area is 130 Å². The Hall–Kier alpha value is -2.37. The van der Waals surface area contributed by atoms with Gasteiger partial charge in [0.1, 0.15) is 0 Å². The highest BCUT2D eigenvalue weighted by molar-refractivity contribution is 5.89. The lowest BCUT2D eigenvalue weighted by atomic mass is 10.1. The summed E-state index contributed by atoms with van der Waals surface area (Å²) in [5, 5.41) is 14.1. The van der Waals surface area contributed by atoms with E-state index in [0.717, 1.165) is 10.6 Å². The predicted octanol–water partition coefficient (Wildman–Crippen LogP) is 3.17. The summed E-state index contributed by atoms with van der Waals surface area (Å²) in [4.78, 5) is 22.7. The Kier molecular flexibility index (Phi) is 6.10. The van der Waals surface area contributed by atoms with Gasteiger partial charge in [-0.1, -0.05) is 12.1 Å². The largest absolute Gasteiger partial charge is 0.464 e. The van der Waals surface area contributed by atoms with Crippen molar-refractivity contribution in [1.29, 1.82) is 0 Å². The van der Waals surface area contributed by atoms with Crippen LogP contribution in [0.15, 0.2) is 29.4 Å². The minimum absolute atomic E-state index is 0.338. The molecule has 0 bridgehead atoms. The summed E-state index contributed by atoms with van der Waals surface area (Å²) in [6, 6.07) is 6.95. The third kappa shape index (κ3) is 5.20. The summed E-state index contributed by atoms with van der Waals surface area (Å²) >= 11 is 0. The lowest BCUT2D eigenvalue weighted by molar-refractivity contribution is 0.0526. The van der Waals surface area contributed by atoms with Crippen LogP contribution in [0.3, 0.4) is 0 Å². The van der Waals surface area contributed by atoms with Crippen LogP contribution in [-0.4, -0.2) is 40.5 Å². The van der Waals surface area contributed by atoms with Gasteiger partial charge in [0.05, 0.1) is 17.7 Å². The first kappa shape index (κ1) is 17.7. The van der Waals surface area contributed by atoms with E-state index in [4.69, 9.17) is 9.84 Å². The molecule has 1 rings (SSSR count). The average Bonchev–Trinajstić information content (AvgIpc) is 2.42. The third-order valence-corrected chi connectivity index (χ3v) is 2.81. The number of esters is 1. The van der Waals surface area contributed by atoms with Gasteiger partial charge in [-0.25, -0.2) is 9.59 Å². The van der Waals surface area contributed by atoms with Crippen LogP contribution in [-0.2, 0) is 11.2 Å². The molecule has 1 N–H and O–H groups in total. The number of amides is 1. The van der Waals surface area contributed by atoms with Crippen molar-refractivity contribution in [2.45, 2.75) is 39.7 Å². The minimum Gasteiger partial charge on any atom is -0.464 e. The number of nitrogens with zero attached hydrogens (tertiary/aromatic N) is 2. The van der Waals surface area contributed by atoms with Crippen molar-refractivity contribution in [2.24, 2.45) is 5.10 Å². The number of hydrazone groups is 1. The Bertz CT molecular complexity index is 544. The highest BCUT2D eigenvalue weighted by atomic mass is 16.5. The fourth-order valence-electron chi connectivity index (χ4n) is 1.73.